The van der Waals surface area contributed by atoms with E-state index < -0.39 is 0 Å². The van der Waals surface area contributed by atoms with E-state index in [0.29, 0.717) is 18.9 Å². The van der Waals surface area contributed by atoms with Gasteiger partial charge in [-0.15, -0.1) is 0 Å². The molecular formula is C13H21N3O. The number of hydrogen-bond acceptors (Lipinski definition) is 3. The van der Waals surface area contributed by atoms with Gasteiger partial charge in [0.05, 0.1) is 18.2 Å². The molecule has 2 rings (SSSR count). The zero-order chi connectivity index (χ0) is 12.1. The lowest BCUT2D eigenvalue weighted by Gasteiger charge is -2.08. The lowest BCUT2D eigenvalue weighted by molar-refractivity contribution is -0.118. The molecule has 1 fully saturated rings. The quantitative estimate of drug-likeness (QED) is 0.816. The van der Waals surface area contributed by atoms with Gasteiger partial charge in [0.1, 0.15) is 5.78 Å². The topological polar surface area (TPSA) is 46.9 Å². The largest absolute Gasteiger partial charge is 0.319 e. The molecule has 0 aromatic carbocycles. The van der Waals surface area contributed by atoms with Crippen molar-refractivity contribution in [1.82, 2.24) is 15.1 Å². The summed E-state index contributed by atoms with van der Waals surface area (Å²) in [5.74, 6) is 0.260. The van der Waals surface area contributed by atoms with Crippen molar-refractivity contribution in [2.24, 2.45) is 0 Å². The molecule has 0 bridgehead atoms. The number of aromatic nitrogens is 2. The molecule has 0 saturated heterocycles. The summed E-state index contributed by atoms with van der Waals surface area (Å²) in [5, 5.41) is 7.50. The van der Waals surface area contributed by atoms with E-state index in [-0.39, 0.29) is 5.78 Å². The Bertz CT molecular complexity index is 366. The van der Waals surface area contributed by atoms with Crippen LogP contribution in [0, 0.1) is 0 Å². The summed E-state index contributed by atoms with van der Waals surface area (Å²) in [6.45, 7) is 0.752. The lowest BCUT2D eigenvalue weighted by atomic mass is 10.2. The van der Waals surface area contributed by atoms with Crippen LogP contribution in [0.3, 0.4) is 0 Å². The standard InChI is InChI=1S/C13H21N3O/c1-14-8-6-13(17)10-11-7-9-16(15-11)12-4-2-3-5-12/h7,9,12,14H,2-6,8,10H2,1H3. The van der Waals surface area contributed by atoms with Crippen LogP contribution in [-0.4, -0.2) is 29.2 Å². The minimum atomic E-state index is 0.260. The molecule has 0 unspecified atom stereocenters. The average molecular weight is 235 g/mol. The Morgan fingerprint density at radius 1 is 1.53 bits per heavy atom. The molecule has 1 aliphatic carbocycles. The molecule has 1 heterocycles. The van der Waals surface area contributed by atoms with Crippen LogP contribution < -0.4 is 5.32 Å². The number of ketones is 1. The summed E-state index contributed by atoms with van der Waals surface area (Å²) in [7, 11) is 1.86. The summed E-state index contributed by atoms with van der Waals surface area (Å²) in [6, 6.07) is 2.55. The van der Waals surface area contributed by atoms with Gasteiger partial charge in [0.25, 0.3) is 0 Å². The van der Waals surface area contributed by atoms with Gasteiger partial charge in [-0.25, -0.2) is 0 Å². The van der Waals surface area contributed by atoms with Gasteiger partial charge < -0.3 is 5.32 Å². The van der Waals surface area contributed by atoms with E-state index in [9.17, 15) is 4.79 Å². The number of Topliss-reactive ketones (excluding diaryl/α,β-unsaturated/α-hetero) is 1. The van der Waals surface area contributed by atoms with E-state index >= 15 is 0 Å². The number of nitrogens with zero attached hydrogens (tertiary/aromatic N) is 2. The molecule has 1 N–H and O–H groups in total. The van der Waals surface area contributed by atoms with Crippen LogP contribution in [0.25, 0.3) is 0 Å². The monoisotopic (exact) mass is 235 g/mol. The highest BCUT2D eigenvalue weighted by molar-refractivity contribution is 5.80. The Kier molecular flexibility index (Phi) is 4.31. The molecule has 4 heteroatoms. The average Bonchev–Trinajstić information content (AvgIpc) is 2.95. The maximum atomic E-state index is 11.6. The van der Waals surface area contributed by atoms with Crippen molar-refractivity contribution in [2.75, 3.05) is 13.6 Å². The van der Waals surface area contributed by atoms with Gasteiger partial charge in [-0.3, -0.25) is 9.48 Å². The van der Waals surface area contributed by atoms with Gasteiger partial charge in [0, 0.05) is 19.2 Å². The molecule has 0 radical (unpaired) electrons. The molecule has 0 amide bonds. The van der Waals surface area contributed by atoms with Crippen LogP contribution in [0.2, 0.25) is 0 Å². The summed E-state index contributed by atoms with van der Waals surface area (Å²) in [6.07, 6.45) is 8.16. The molecule has 4 nitrogen and oxygen atoms in total. The van der Waals surface area contributed by atoms with E-state index in [1.165, 1.54) is 25.7 Å². The van der Waals surface area contributed by atoms with Gasteiger partial charge in [-0.05, 0) is 26.0 Å². The Hall–Kier alpha value is -1.16. The smallest absolute Gasteiger partial charge is 0.140 e. The number of carbonyl (C=O) groups excluding carboxylic acids is 1. The second-order valence-corrected chi connectivity index (χ2v) is 4.79. The number of hydrogen-bond donors (Lipinski definition) is 1. The van der Waals surface area contributed by atoms with E-state index in [4.69, 9.17) is 0 Å². The highest BCUT2D eigenvalue weighted by Gasteiger charge is 2.17. The van der Waals surface area contributed by atoms with Crippen molar-refractivity contribution in [1.29, 1.82) is 0 Å². The Balaban J connectivity index is 1.87. The third-order valence-electron chi connectivity index (χ3n) is 3.39. The molecule has 1 aromatic heterocycles. The van der Waals surface area contributed by atoms with Crippen LogP contribution in [0.5, 0.6) is 0 Å². The van der Waals surface area contributed by atoms with E-state index in [1.807, 2.05) is 24.0 Å². The molecule has 0 spiro atoms. The SMILES string of the molecule is CNCCC(=O)Cc1ccn(C2CCCC2)n1. The second-order valence-electron chi connectivity index (χ2n) is 4.79. The molecule has 1 aliphatic rings. The van der Waals surface area contributed by atoms with Gasteiger partial charge >= 0.3 is 0 Å². The molecule has 0 atom stereocenters. The van der Waals surface area contributed by atoms with Crippen molar-refractivity contribution in [3.05, 3.63) is 18.0 Å². The van der Waals surface area contributed by atoms with Crippen molar-refractivity contribution in [3.8, 4) is 0 Å². The molecule has 1 saturated carbocycles. The van der Waals surface area contributed by atoms with E-state index in [1.54, 1.807) is 0 Å². The molecule has 94 valence electrons. The highest BCUT2D eigenvalue weighted by atomic mass is 16.1. The lowest BCUT2D eigenvalue weighted by Crippen LogP contribution is -2.14. The Morgan fingerprint density at radius 2 is 2.29 bits per heavy atom. The van der Waals surface area contributed by atoms with Crippen molar-refractivity contribution in [2.45, 2.75) is 44.6 Å². The van der Waals surface area contributed by atoms with Crippen LogP contribution >= 0.6 is 0 Å². The Morgan fingerprint density at radius 3 is 3.00 bits per heavy atom. The Labute approximate surface area is 102 Å². The third-order valence-corrected chi connectivity index (χ3v) is 3.39. The summed E-state index contributed by atoms with van der Waals surface area (Å²) in [5.41, 5.74) is 0.915. The fraction of sp³-hybridized carbons (Fsp3) is 0.692. The van der Waals surface area contributed by atoms with Gasteiger partial charge in [-0.1, -0.05) is 12.8 Å². The van der Waals surface area contributed by atoms with Crippen molar-refractivity contribution in [3.63, 3.8) is 0 Å². The molecular weight excluding hydrogens is 214 g/mol. The predicted octanol–water partition coefficient (Wildman–Crippen LogP) is 1.72. The molecule has 17 heavy (non-hydrogen) atoms. The van der Waals surface area contributed by atoms with Crippen LogP contribution in [-0.2, 0) is 11.2 Å². The molecule has 1 aromatic rings. The zero-order valence-corrected chi connectivity index (χ0v) is 10.5. The van der Waals surface area contributed by atoms with E-state index in [2.05, 4.69) is 10.4 Å². The first-order chi connectivity index (χ1) is 8.29. The second kappa shape index (κ2) is 5.96. The van der Waals surface area contributed by atoms with Gasteiger partial charge in [0.15, 0.2) is 0 Å². The zero-order valence-electron chi connectivity index (χ0n) is 10.5. The van der Waals surface area contributed by atoms with Crippen molar-refractivity contribution < 1.29 is 4.79 Å². The number of nitrogens with one attached hydrogen (secondary N) is 1. The predicted molar refractivity (Wildman–Crippen MR) is 67.0 cm³/mol. The maximum Gasteiger partial charge on any atom is 0.140 e. The minimum absolute atomic E-state index is 0.260. The van der Waals surface area contributed by atoms with Crippen molar-refractivity contribution >= 4 is 5.78 Å². The van der Waals surface area contributed by atoms with Gasteiger partial charge in [-0.2, -0.15) is 5.10 Å². The summed E-state index contributed by atoms with van der Waals surface area (Å²) in [4.78, 5) is 11.6. The van der Waals surface area contributed by atoms with Gasteiger partial charge in [0.2, 0.25) is 0 Å². The third kappa shape index (κ3) is 3.40. The summed E-state index contributed by atoms with van der Waals surface area (Å²) < 4.78 is 2.05. The first-order valence-corrected chi connectivity index (χ1v) is 6.50. The molecule has 0 aliphatic heterocycles. The normalized spacial score (nSPS) is 16.5. The minimum Gasteiger partial charge on any atom is -0.319 e. The fourth-order valence-corrected chi connectivity index (χ4v) is 2.40. The number of carbonyl (C=O) groups is 1. The van der Waals surface area contributed by atoms with Crippen LogP contribution in [0.4, 0.5) is 0 Å². The van der Waals surface area contributed by atoms with E-state index in [0.717, 1.165) is 12.2 Å². The van der Waals surface area contributed by atoms with Crippen LogP contribution in [0.1, 0.15) is 43.8 Å². The first-order valence-electron chi connectivity index (χ1n) is 6.50. The summed E-state index contributed by atoms with van der Waals surface area (Å²) >= 11 is 0. The fourth-order valence-electron chi connectivity index (χ4n) is 2.40. The maximum absolute atomic E-state index is 11.6. The van der Waals surface area contributed by atoms with Crippen LogP contribution in [0.15, 0.2) is 12.3 Å². The number of rotatable bonds is 6. The highest BCUT2D eigenvalue weighted by Crippen LogP contribution is 2.28. The first kappa shape index (κ1) is 12.3.